The van der Waals surface area contributed by atoms with E-state index in [1.807, 2.05) is 32.9 Å². The van der Waals surface area contributed by atoms with E-state index in [0.717, 1.165) is 5.56 Å². The SMILES string of the molecule is COc1ccc([C@@H](C)N)c(OCCC(=O)NC(C)C)c1. The Morgan fingerprint density at radius 3 is 2.60 bits per heavy atom. The summed E-state index contributed by atoms with van der Waals surface area (Å²) in [6, 6.07) is 5.52. The fourth-order valence-electron chi connectivity index (χ4n) is 1.79. The summed E-state index contributed by atoms with van der Waals surface area (Å²) in [4.78, 5) is 11.5. The van der Waals surface area contributed by atoms with Gasteiger partial charge >= 0.3 is 0 Å². The molecule has 112 valence electrons. The molecule has 1 amide bonds. The van der Waals surface area contributed by atoms with Crippen LogP contribution < -0.4 is 20.5 Å². The van der Waals surface area contributed by atoms with E-state index in [9.17, 15) is 4.79 Å². The van der Waals surface area contributed by atoms with Gasteiger partial charge in [0.1, 0.15) is 11.5 Å². The first-order valence-electron chi connectivity index (χ1n) is 6.79. The Kier molecular flexibility index (Phi) is 6.31. The highest BCUT2D eigenvalue weighted by atomic mass is 16.5. The van der Waals surface area contributed by atoms with Crippen LogP contribution in [0.3, 0.4) is 0 Å². The third kappa shape index (κ3) is 5.09. The highest BCUT2D eigenvalue weighted by Crippen LogP contribution is 2.28. The van der Waals surface area contributed by atoms with Gasteiger partial charge in [0, 0.05) is 23.7 Å². The molecule has 5 nitrogen and oxygen atoms in total. The maximum atomic E-state index is 11.5. The van der Waals surface area contributed by atoms with Gasteiger partial charge in [-0.1, -0.05) is 6.07 Å². The molecule has 1 aromatic rings. The maximum Gasteiger partial charge on any atom is 0.223 e. The van der Waals surface area contributed by atoms with E-state index in [0.29, 0.717) is 24.5 Å². The van der Waals surface area contributed by atoms with Crippen LogP contribution in [0, 0.1) is 0 Å². The van der Waals surface area contributed by atoms with Crippen molar-refractivity contribution in [2.24, 2.45) is 5.73 Å². The molecule has 0 aliphatic carbocycles. The van der Waals surface area contributed by atoms with Crippen LogP contribution in [0.1, 0.15) is 38.8 Å². The van der Waals surface area contributed by atoms with Gasteiger partial charge in [-0.05, 0) is 26.8 Å². The van der Waals surface area contributed by atoms with Crippen molar-refractivity contribution in [1.82, 2.24) is 5.32 Å². The monoisotopic (exact) mass is 280 g/mol. The molecule has 0 saturated heterocycles. The van der Waals surface area contributed by atoms with Crippen LogP contribution in [0.2, 0.25) is 0 Å². The fraction of sp³-hybridized carbons (Fsp3) is 0.533. The van der Waals surface area contributed by atoms with Crippen molar-refractivity contribution >= 4 is 5.91 Å². The standard InChI is InChI=1S/C15H24N2O3/c1-10(2)17-15(18)7-8-20-14-9-12(19-4)5-6-13(14)11(3)16/h5-6,9-11H,7-8,16H2,1-4H3,(H,17,18)/t11-/m1/s1. The van der Waals surface area contributed by atoms with Crippen molar-refractivity contribution in [2.45, 2.75) is 39.3 Å². The van der Waals surface area contributed by atoms with Crippen LogP contribution in [0.5, 0.6) is 11.5 Å². The molecule has 5 heteroatoms. The Bertz CT molecular complexity index is 445. The zero-order valence-corrected chi connectivity index (χ0v) is 12.6. The summed E-state index contributed by atoms with van der Waals surface area (Å²) in [7, 11) is 1.60. The molecule has 0 spiro atoms. The first kappa shape index (κ1) is 16.3. The van der Waals surface area contributed by atoms with Gasteiger partial charge in [0.15, 0.2) is 0 Å². The summed E-state index contributed by atoms with van der Waals surface area (Å²) in [5.74, 6) is 1.35. The van der Waals surface area contributed by atoms with E-state index < -0.39 is 0 Å². The highest BCUT2D eigenvalue weighted by Gasteiger charge is 2.11. The van der Waals surface area contributed by atoms with Crippen molar-refractivity contribution in [3.63, 3.8) is 0 Å². The Balaban J connectivity index is 2.64. The number of nitrogens with two attached hydrogens (primary N) is 1. The number of hydrogen-bond acceptors (Lipinski definition) is 4. The lowest BCUT2D eigenvalue weighted by Gasteiger charge is -2.15. The second kappa shape index (κ2) is 7.75. The number of hydrogen-bond donors (Lipinski definition) is 2. The first-order valence-corrected chi connectivity index (χ1v) is 6.79. The minimum absolute atomic E-state index is 0.0229. The molecule has 0 aromatic heterocycles. The molecule has 1 atom stereocenters. The summed E-state index contributed by atoms with van der Waals surface area (Å²) in [6.07, 6.45) is 0.313. The summed E-state index contributed by atoms with van der Waals surface area (Å²) in [5.41, 5.74) is 6.80. The minimum Gasteiger partial charge on any atom is -0.497 e. The average molecular weight is 280 g/mol. The van der Waals surface area contributed by atoms with Crippen molar-refractivity contribution in [3.05, 3.63) is 23.8 Å². The second-order valence-corrected chi connectivity index (χ2v) is 5.01. The van der Waals surface area contributed by atoms with Crippen molar-refractivity contribution in [2.75, 3.05) is 13.7 Å². The van der Waals surface area contributed by atoms with E-state index in [1.54, 1.807) is 13.2 Å². The third-order valence-electron chi connectivity index (χ3n) is 2.75. The quantitative estimate of drug-likeness (QED) is 0.801. The number of carbonyl (C=O) groups is 1. The van der Waals surface area contributed by atoms with Crippen LogP contribution in [-0.2, 0) is 4.79 Å². The molecule has 0 radical (unpaired) electrons. The Morgan fingerprint density at radius 2 is 2.05 bits per heavy atom. The molecule has 0 aliphatic rings. The largest absolute Gasteiger partial charge is 0.497 e. The average Bonchev–Trinajstić information content (AvgIpc) is 2.37. The maximum absolute atomic E-state index is 11.5. The van der Waals surface area contributed by atoms with E-state index in [2.05, 4.69) is 5.32 Å². The number of benzene rings is 1. The molecule has 1 aromatic carbocycles. The Morgan fingerprint density at radius 1 is 1.35 bits per heavy atom. The van der Waals surface area contributed by atoms with Crippen LogP contribution >= 0.6 is 0 Å². The molecule has 3 N–H and O–H groups in total. The number of carbonyl (C=O) groups excluding carboxylic acids is 1. The van der Waals surface area contributed by atoms with Gasteiger partial charge in [0.25, 0.3) is 0 Å². The summed E-state index contributed by atoms with van der Waals surface area (Å²) in [5, 5.41) is 2.82. The van der Waals surface area contributed by atoms with Crippen LogP contribution in [0.15, 0.2) is 18.2 Å². The van der Waals surface area contributed by atoms with Gasteiger partial charge in [-0.2, -0.15) is 0 Å². The number of methoxy groups -OCH3 is 1. The summed E-state index contributed by atoms with van der Waals surface area (Å²) >= 11 is 0. The molecule has 0 fully saturated rings. The number of rotatable bonds is 7. The van der Waals surface area contributed by atoms with E-state index in [1.165, 1.54) is 0 Å². The molecule has 20 heavy (non-hydrogen) atoms. The van der Waals surface area contributed by atoms with Gasteiger partial charge < -0.3 is 20.5 Å². The molecule has 0 unspecified atom stereocenters. The van der Waals surface area contributed by atoms with Crippen LogP contribution in [0.4, 0.5) is 0 Å². The van der Waals surface area contributed by atoms with E-state index >= 15 is 0 Å². The molecule has 1 rings (SSSR count). The van der Waals surface area contributed by atoms with Crippen LogP contribution in [-0.4, -0.2) is 25.7 Å². The van der Waals surface area contributed by atoms with Crippen molar-refractivity contribution in [1.29, 1.82) is 0 Å². The number of nitrogens with one attached hydrogen (secondary N) is 1. The lowest BCUT2D eigenvalue weighted by molar-refractivity contribution is -0.122. The van der Waals surface area contributed by atoms with Crippen molar-refractivity contribution in [3.8, 4) is 11.5 Å². The van der Waals surface area contributed by atoms with E-state index in [-0.39, 0.29) is 18.0 Å². The van der Waals surface area contributed by atoms with Gasteiger partial charge in [-0.15, -0.1) is 0 Å². The molecular formula is C15H24N2O3. The number of amides is 1. The van der Waals surface area contributed by atoms with Crippen molar-refractivity contribution < 1.29 is 14.3 Å². The second-order valence-electron chi connectivity index (χ2n) is 5.01. The lowest BCUT2D eigenvalue weighted by Crippen LogP contribution is -2.31. The van der Waals surface area contributed by atoms with Gasteiger partial charge in [0.2, 0.25) is 5.91 Å². The predicted octanol–water partition coefficient (Wildman–Crippen LogP) is 2.01. The zero-order valence-electron chi connectivity index (χ0n) is 12.6. The highest BCUT2D eigenvalue weighted by molar-refractivity contribution is 5.76. The molecular weight excluding hydrogens is 256 g/mol. The summed E-state index contributed by atoms with van der Waals surface area (Å²) in [6.45, 7) is 6.05. The molecule has 0 aliphatic heterocycles. The van der Waals surface area contributed by atoms with E-state index in [4.69, 9.17) is 15.2 Å². The Hall–Kier alpha value is -1.75. The Labute approximate surface area is 120 Å². The molecule has 0 bridgehead atoms. The topological polar surface area (TPSA) is 73.6 Å². The van der Waals surface area contributed by atoms with Crippen LogP contribution in [0.25, 0.3) is 0 Å². The van der Waals surface area contributed by atoms with Gasteiger partial charge in [-0.25, -0.2) is 0 Å². The molecule has 0 heterocycles. The molecule has 0 saturated carbocycles. The predicted molar refractivity (Wildman–Crippen MR) is 79.0 cm³/mol. The number of ether oxygens (including phenoxy) is 2. The van der Waals surface area contributed by atoms with Gasteiger partial charge in [-0.3, -0.25) is 4.79 Å². The zero-order chi connectivity index (χ0) is 15.1. The fourth-order valence-corrected chi connectivity index (χ4v) is 1.79. The third-order valence-corrected chi connectivity index (χ3v) is 2.75. The normalized spacial score (nSPS) is 12.1. The van der Waals surface area contributed by atoms with Gasteiger partial charge in [0.05, 0.1) is 20.1 Å². The lowest BCUT2D eigenvalue weighted by atomic mass is 10.1. The first-order chi connectivity index (χ1) is 9.43. The minimum atomic E-state index is -0.139. The summed E-state index contributed by atoms with van der Waals surface area (Å²) < 4.78 is 10.8. The smallest absolute Gasteiger partial charge is 0.223 e.